The van der Waals surface area contributed by atoms with Crippen molar-refractivity contribution in [3.05, 3.63) is 44.7 Å². The number of rotatable bonds is 1. The highest BCUT2D eigenvalue weighted by Gasteiger charge is 2.10. The minimum atomic E-state index is 0.409. The largest absolute Gasteiger partial charge is 0.302 e. The van der Waals surface area contributed by atoms with E-state index < -0.39 is 0 Å². The van der Waals surface area contributed by atoms with Crippen LogP contribution in [0.1, 0.15) is 10.5 Å². The van der Waals surface area contributed by atoms with E-state index in [0.29, 0.717) is 10.8 Å². The van der Waals surface area contributed by atoms with Crippen molar-refractivity contribution in [1.82, 2.24) is 9.38 Å². The summed E-state index contributed by atoms with van der Waals surface area (Å²) in [5.74, 6) is 0. The van der Waals surface area contributed by atoms with Crippen LogP contribution in [0.5, 0.6) is 0 Å². The van der Waals surface area contributed by atoms with E-state index in [0.717, 1.165) is 26.4 Å². The van der Waals surface area contributed by atoms with Crippen molar-refractivity contribution in [3.8, 4) is 0 Å². The van der Waals surface area contributed by atoms with E-state index >= 15 is 0 Å². The van der Waals surface area contributed by atoms with Crippen LogP contribution in [0.2, 0.25) is 5.15 Å². The van der Waals surface area contributed by atoms with Gasteiger partial charge in [-0.25, -0.2) is 4.98 Å². The zero-order valence-corrected chi connectivity index (χ0v) is 11.4. The topological polar surface area (TPSA) is 34.4 Å². The summed E-state index contributed by atoms with van der Waals surface area (Å²) >= 11 is 8.33. The molecule has 0 spiro atoms. The van der Waals surface area contributed by atoms with Crippen molar-refractivity contribution in [1.29, 1.82) is 0 Å². The summed E-state index contributed by atoms with van der Waals surface area (Å²) in [7, 11) is 0. The Morgan fingerprint density at radius 2 is 2.06 bits per heavy atom. The fourth-order valence-corrected chi connectivity index (χ4v) is 2.62. The molecule has 0 saturated carbocycles. The molecule has 0 amide bonds. The van der Waals surface area contributed by atoms with E-state index in [1.807, 2.05) is 22.6 Å². The molecule has 0 atom stereocenters. The Bertz CT molecular complexity index is 751. The first-order valence-corrected chi connectivity index (χ1v) is 6.38. The van der Waals surface area contributed by atoms with E-state index in [4.69, 9.17) is 11.6 Å². The van der Waals surface area contributed by atoms with Crippen LogP contribution < -0.4 is 0 Å². The standard InChI is InChI=1S/C12H6ClIN2O/c13-12-10-4-2-8(6-17)16(10)11-5-7(14)1-3-9(11)15-12/h1-6H. The Hall–Kier alpha value is -1.14. The summed E-state index contributed by atoms with van der Waals surface area (Å²) in [4.78, 5) is 15.4. The first-order valence-electron chi connectivity index (χ1n) is 4.92. The molecule has 5 heteroatoms. The fourth-order valence-electron chi connectivity index (χ4n) is 1.91. The molecule has 84 valence electrons. The lowest BCUT2D eigenvalue weighted by atomic mass is 10.3. The van der Waals surface area contributed by atoms with Crippen LogP contribution in [0.3, 0.4) is 0 Å². The van der Waals surface area contributed by atoms with Gasteiger partial charge in [-0.05, 0) is 52.9 Å². The number of fused-ring (bicyclic) bond motifs is 3. The van der Waals surface area contributed by atoms with Gasteiger partial charge in [-0.2, -0.15) is 0 Å². The van der Waals surface area contributed by atoms with Crippen molar-refractivity contribution >= 4 is 57.0 Å². The van der Waals surface area contributed by atoms with Gasteiger partial charge in [0.2, 0.25) is 0 Å². The second-order valence-corrected chi connectivity index (χ2v) is 5.24. The maximum atomic E-state index is 11.0. The van der Waals surface area contributed by atoms with Crippen molar-refractivity contribution in [3.63, 3.8) is 0 Å². The van der Waals surface area contributed by atoms with Gasteiger partial charge in [-0.3, -0.25) is 4.79 Å². The molecule has 0 saturated heterocycles. The van der Waals surface area contributed by atoms with Crippen LogP contribution in [0.15, 0.2) is 30.3 Å². The first-order chi connectivity index (χ1) is 8.20. The van der Waals surface area contributed by atoms with Crippen LogP contribution >= 0.6 is 34.2 Å². The van der Waals surface area contributed by atoms with Gasteiger partial charge < -0.3 is 4.40 Å². The Morgan fingerprint density at radius 3 is 2.82 bits per heavy atom. The number of hydrogen-bond acceptors (Lipinski definition) is 2. The number of carbonyl (C=O) groups is 1. The number of nitrogens with zero attached hydrogens (tertiary/aromatic N) is 2. The monoisotopic (exact) mass is 356 g/mol. The van der Waals surface area contributed by atoms with E-state index in [1.165, 1.54) is 0 Å². The molecule has 0 radical (unpaired) electrons. The third-order valence-corrected chi connectivity index (χ3v) is 3.59. The smallest absolute Gasteiger partial charge is 0.166 e. The predicted molar refractivity (Wildman–Crippen MR) is 75.8 cm³/mol. The second kappa shape index (κ2) is 3.96. The SMILES string of the molecule is O=Cc1ccc2c(Cl)nc3ccc(I)cc3n12. The maximum Gasteiger partial charge on any atom is 0.166 e. The molecule has 3 rings (SSSR count). The molecule has 3 nitrogen and oxygen atoms in total. The van der Waals surface area contributed by atoms with Gasteiger partial charge in [0.1, 0.15) is 0 Å². The summed E-state index contributed by atoms with van der Waals surface area (Å²) < 4.78 is 2.92. The quantitative estimate of drug-likeness (QED) is 0.493. The third-order valence-electron chi connectivity index (χ3n) is 2.64. The minimum absolute atomic E-state index is 0.409. The first kappa shape index (κ1) is 11.0. The molecular weight excluding hydrogens is 351 g/mol. The molecule has 0 aliphatic carbocycles. The molecule has 2 heterocycles. The molecule has 1 aromatic carbocycles. The average Bonchev–Trinajstić information content (AvgIpc) is 2.75. The van der Waals surface area contributed by atoms with Gasteiger partial charge in [0.15, 0.2) is 11.4 Å². The summed E-state index contributed by atoms with van der Waals surface area (Å²) in [6, 6.07) is 9.39. The van der Waals surface area contributed by atoms with Gasteiger partial charge in [0.25, 0.3) is 0 Å². The average molecular weight is 357 g/mol. The molecule has 3 aromatic rings. The van der Waals surface area contributed by atoms with E-state index in [2.05, 4.69) is 27.6 Å². The normalized spacial score (nSPS) is 11.2. The van der Waals surface area contributed by atoms with Crippen molar-refractivity contribution in [2.45, 2.75) is 0 Å². The predicted octanol–water partition coefficient (Wildman–Crippen LogP) is 3.56. The number of carbonyl (C=O) groups excluding carboxylic acids is 1. The number of benzene rings is 1. The van der Waals surface area contributed by atoms with Gasteiger partial charge in [-0.1, -0.05) is 11.6 Å². The van der Waals surface area contributed by atoms with Crippen LogP contribution in [0.4, 0.5) is 0 Å². The van der Waals surface area contributed by atoms with Crippen molar-refractivity contribution in [2.75, 3.05) is 0 Å². The highest BCUT2D eigenvalue weighted by molar-refractivity contribution is 14.1. The lowest BCUT2D eigenvalue weighted by Crippen LogP contribution is -1.96. The Labute approximate surface area is 116 Å². The molecular formula is C12H6ClIN2O. The highest BCUT2D eigenvalue weighted by atomic mass is 127. The molecule has 17 heavy (non-hydrogen) atoms. The van der Waals surface area contributed by atoms with Crippen LogP contribution in [0.25, 0.3) is 16.6 Å². The molecule has 2 aromatic heterocycles. The molecule has 0 fully saturated rings. The fraction of sp³-hybridized carbons (Fsp3) is 0. The zero-order chi connectivity index (χ0) is 12.0. The number of halogens is 2. The van der Waals surface area contributed by atoms with Crippen LogP contribution in [-0.4, -0.2) is 15.7 Å². The van der Waals surface area contributed by atoms with E-state index in [-0.39, 0.29) is 0 Å². The molecule has 0 unspecified atom stereocenters. The summed E-state index contributed by atoms with van der Waals surface area (Å²) in [6.45, 7) is 0. The molecule has 0 aliphatic heterocycles. The number of aldehydes is 1. The minimum Gasteiger partial charge on any atom is -0.302 e. The van der Waals surface area contributed by atoms with E-state index in [9.17, 15) is 4.79 Å². The lowest BCUT2D eigenvalue weighted by Gasteiger charge is -2.06. The van der Waals surface area contributed by atoms with Crippen LogP contribution in [0, 0.1) is 3.57 Å². The Balaban J connectivity index is 2.62. The Kier molecular flexibility index (Phi) is 2.56. The van der Waals surface area contributed by atoms with E-state index in [1.54, 1.807) is 12.1 Å². The van der Waals surface area contributed by atoms with Gasteiger partial charge >= 0.3 is 0 Å². The van der Waals surface area contributed by atoms with Gasteiger partial charge in [-0.15, -0.1) is 0 Å². The molecule has 0 bridgehead atoms. The lowest BCUT2D eigenvalue weighted by molar-refractivity contribution is 0.111. The highest BCUT2D eigenvalue weighted by Crippen LogP contribution is 2.25. The second-order valence-electron chi connectivity index (χ2n) is 3.63. The summed E-state index contributed by atoms with van der Waals surface area (Å²) in [5.41, 5.74) is 3.00. The molecule has 0 aliphatic rings. The third kappa shape index (κ3) is 1.63. The summed E-state index contributed by atoms with van der Waals surface area (Å²) in [5, 5.41) is 0.409. The van der Waals surface area contributed by atoms with Gasteiger partial charge in [0, 0.05) is 3.57 Å². The van der Waals surface area contributed by atoms with Crippen molar-refractivity contribution in [2.24, 2.45) is 0 Å². The van der Waals surface area contributed by atoms with Crippen LogP contribution in [-0.2, 0) is 0 Å². The Morgan fingerprint density at radius 1 is 1.24 bits per heavy atom. The molecule has 0 N–H and O–H groups in total. The van der Waals surface area contributed by atoms with Crippen molar-refractivity contribution < 1.29 is 4.79 Å². The zero-order valence-electron chi connectivity index (χ0n) is 8.52. The number of aromatic nitrogens is 2. The van der Waals surface area contributed by atoms with Gasteiger partial charge in [0.05, 0.1) is 22.2 Å². The maximum absolute atomic E-state index is 11.0. The summed E-state index contributed by atoms with van der Waals surface area (Å²) in [6.07, 6.45) is 0.822. The number of hydrogen-bond donors (Lipinski definition) is 0.